The Hall–Kier alpha value is -1.47. The van der Waals surface area contributed by atoms with Crippen molar-refractivity contribution in [1.82, 2.24) is 9.62 Å². The van der Waals surface area contributed by atoms with Gasteiger partial charge in [0, 0.05) is 19.6 Å². The van der Waals surface area contributed by atoms with Crippen LogP contribution in [0.15, 0.2) is 18.2 Å². The van der Waals surface area contributed by atoms with Crippen LogP contribution in [0.25, 0.3) is 0 Å². The van der Waals surface area contributed by atoms with Crippen LogP contribution in [0.1, 0.15) is 25.0 Å². The number of nitrogens with zero attached hydrogens (tertiary/aromatic N) is 1. The summed E-state index contributed by atoms with van der Waals surface area (Å²) >= 11 is 0. The summed E-state index contributed by atoms with van der Waals surface area (Å²) in [7, 11) is -3.58. The third kappa shape index (κ3) is 5.09. The van der Waals surface area contributed by atoms with Gasteiger partial charge in [-0.2, -0.15) is 0 Å². The molecule has 118 valence electrons. The predicted octanol–water partition coefficient (Wildman–Crippen LogP) is 1.42. The van der Waals surface area contributed by atoms with Crippen molar-refractivity contribution >= 4 is 15.9 Å². The van der Waals surface area contributed by atoms with Crippen LogP contribution in [0.3, 0.4) is 0 Å². The molecule has 0 saturated carbocycles. The summed E-state index contributed by atoms with van der Waals surface area (Å²) in [6.45, 7) is 5.92. The number of sulfonamides is 1. The van der Waals surface area contributed by atoms with E-state index in [1.54, 1.807) is 32.9 Å². The fourth-order valence-corrected chi connectivity index (χ4v) is 3.35. The van der Waals surface area contributed by atoms with Gasteiger partial charge in [-0.05, 0) is 24.1 Å². The maximum absolute atomic E-state index is 13.1. The summed E-state index contributed by atoms with van der Waals surface area (Å²) in [6.07, 6.45) is 0. The second kappa shape index (κ2) is 7.51. The molecule has 1 aromatic rings. The third-order valence-electron chi connectivity index (χ3n) is 3.12. The van der Waals surface area contributed by atoms with Gasteiger partial charge < -0.3 is 5.32 Å². The molecule has 0 heterocycles. The minimum Gasteiger partial charge on any atom is -0.351 e. The summed E-state index contributed by atoms with van der Waals surface area (Å²) < 4.78 is 38.2. The van der Waals surface area contributed by atoms with Crippen LogP contribution in [0.4, 0.5) is 4.39 Å². The first-order valence-corrected chi connectivity index (χ1v) is 8.40. The van der Waals surface area contributed by atoms with Gasteiger partial charge in [0.25, 0.3) is 0 Å². The van der Waals surface area contributed by atoms with Crippen LogP contribution in [0, 0.1) is 12.7 Å². The summed E-state index contributed by atoms with van der Waals surface area (Å²) in [4.78, 5) is 11.7. The Kier molecular flexibility index (Phi) is 6.29. The molecule has 0 aliphatic heterocycles. The zero-order valence-electron chi connectivity index (χ0n) is 12.5. The fraction of sp³-hybridized carbons (Fsp3) is 0.500. The number of hydrogen-bond acceptors (Lipinski definition) is 3. The number of rotatable bonds is 7. The number of hydrogen-bond donors (Lipinski definition) is 1. The van der Waals surface area contributed by atoms with Crippen LogP contribution in [-0.4, -0.2) is 37.5 Å². The average molecular weight is 316 g/mol. The van der Waals surface area contributed by atoms with E-state index >= 15 is 0 Å². The largest absolute Gasteiger partial charge is 0.351 e. The first-order chi connectivity index (χ1) is 9.80. The van der Waals surface area contributed by atoms with Gasteiger partial charge in [-0.1, -0.05) is 26.0 Å². The van der Waals surface area contributed by atoms with Crippen LogP contribution < -0.4 is 5.32 Å². The number of amides is 1. The lowest BCUT2D eigenvalue weighted by atomic mass is 10.1. The normalized spacial score (nSPS) is 11.7. The molecule has 0 bridgehead atoms. The second-order valence-electron chi connectivity index (χ2n) is 4.70. The maximum atomic E-state index is 13.1. The number of halogens is 1. The molecule has 5 nitrogen and oxygen atoms in total. The van der Waals surface area contributed by atoms with Crippen molar-refractivity contribution < 1.29 is 17.6 Å². The zero-order chi connectivity index (χ0) is 16.0. The molecule has 0 aliphatic carbocycles. The van der Waals surface area contributed by atoms with E-state index in [9.17, 15) is 17.6 Å². The van der Waals surface area contributed by atoms with Gasteiger partial charge in [-0.25, -0.2) is 17.1 Å². The van der Waals surface area contributed by atoms with Crippen LogP contribution in [0.5, 0.6) is 0 Å². The Morgan fingerprint density at radius 2 is 1.90 bits per heavy atom. The molecule has 0 aromatic heterocycles. The minimum atomic E-state index is -3.58. The molecule has 0 radical (unpaired) electrons. The van der Waals surface area contributed by atoms with E-state index in [0.29, 0.717) is 18.7 Å². The highest BCUT2D eigenvalue weighted by Crippen LogP contribution is 2.09. The molecule has 7 heteroatoms. The van der Waals surface area contributed by atoms with Crippen molar-refractivity contribution in [2.45, 2.75) is 27.3 Å². The molecule has 0 fully saturated rings. The summed E-state index contributed by atoms with van der Waals surface area (Å²) in [6, 6.07) is 4.50. The SMILES string of the molecule is CCN(CC)S(=O)(=O)CC(=O)NCc1ccc(F)c(C)c1. The Morgan fingerprint density at radius 3 is 2.43 bits per heavy atom. The minimum absolute atomic E-state index is 0.174. The smallest absolute Gasteiger partial charge is 0.236 e. The number of benzene rings is 1. The summed E-state index contributed by atoms with van der Waals surface area (Å²) in [5, 5.41) is 2.54. The van der Waals surface area contributed by atoms with Crippen molar-refractivity contribution in [2.24, 2.45) is 0 Å². The highest BCUT2D eigenvalue weighted by atomic mass is 32.2. The average Bonchev–Trinajstić information content (AvgIpc) is 2.40. The monoisotopic (exact) mass is 316 g/mol. The number of carbonyl (C=O) groups excluding carboxylic acids is 1. The summed E-state index contributed by atoms with van der Waals surface area (Å²) in [5.41, 5.74) is 1.21. The predicted molar refractivity (Wildman–Crippen MR) is 79.7 cm³/mol. The lowest BCUT2D eigenvalue weighted by molar-refractivity contribution is -0.118. The molecule has 0 saturated heterocycles. The molecular formula is C14H21FN2O3S. The van der Waals surface area contributed by atoms with Gasteiger partial charge in [0.15, 0.2) is 0 Å². The van der Waals surface area contributed by atoms with E-state index in [1.807, 2.05) is 0 Å². The third-order valence-corrected chi connectivity index (χ3v) is 5.05. The molecule has 1 aromatic carbocycles. The number of aryl methyl sites for hydroxylation is 1. The van der Waals surface area contributed by atoms with Crippen molar-refractivity contribution in [3.8, 4) is 0 Å². The first kappa shape index (κ1) is 17.6. The molecule has 0 spiro atoms. The lowest BCUT2D eigenvalue weighted by Crippen LogP contribution is -2.39. The molecule has 0 aliphatic rings. The molecule has 0 atom stereocenters. The molecule has 1 N–H and O–H groups in total. The van der Waals surface area contributed by atoms with Gasteiger partial charge >= 0.3 is 0 Å². The van der Waals surface area contributed by atoms with Gasteiger partial charge in [0.05, 0.1) is 0 Å². The van der Waals surface area contributed by atoms with Crippen molar-refractivity contribution in [1.29, 1.82) is 0 Å². The van der Waals surface area contributed by atoms with E-state index in [2.05, 4.69) is 5.32 Å². The van der Waals surface area contributed by atoms with Crippen LogP contribution in [0.2, 0.25) is 0 Å². The van der Waals surface area contributed by atoms with Crippen molar-refractivity contribution in [3.63, 3.8) is 0 Å². The number of carbonyl (C=O) groups is 1. The first-order valence-electron chi connectivity index (χ1n) is 6.79. The van der Waals surface area contributed by atoms with E-state index in [1.165, 1.54) is 10.4 Å². The summed E-state index contributed by atoms with van der Waals surface area (Å²) in [5.74, 6) is -1.45. The van der Waals surface area contributed by atoms with Crippen molar-refractivity contribution in [3.05, 3.63) is 35.1 Å². The van der Waals surface area contributed by atoms with Crippen LogP contribution >= 0.6 is 0 Å². The number of nitrogens with one attached hydrogen (secondary N) is 1. The fourth-order valence-electron chi connectivity index (χ4n) is 1.94. The quantitative estimate of drug-likeness (QED) is 0.827. The molecule has 1 rings (SSSR count). The molecular weight excluding hydrogens is 295 g/mol. The van der Waals surface area contributed by atoms with E-state index < -0.39 is 21.7 Å². The molecule has 21 heavy (non-hydrogen) atoms. The van der Waals surface area contributed by atoms with Gasteiger partial charge in [-0.15, -0.1) is 0 Å². The zero-order valence-corrected chi connectivity index (χ0v) is 13.3. The molecule has 0 unspecified atom stereocenters. The Bertz CT molecular complexity index is 598. The lowest BCUT2D eigenvalue weighted by Gasteiger charge is -2.17. The van der Waals surface area contributed by atoms with E-state index in [4.69, 9.17) is 0 Å². The topological polar surface area (TPSA) is 66.5 Å². The standard InChI is InChI=1S/C14H21FN2O3S/c1-4-17(5-2)21(19,20)10-14(18)16-9-12-6-7-13(15)11(3)8-12/h6-8H,4-5,9-10H2,1-3H3,(H,16,18). The molecule has 1 amide bonds. The highest BCUT2D eigenvalue weighted by Gasteiger charge is 2.22. The van der Waals surface area contributed by atoms with Gasteiger partial charge in [0.2, 0.25) is 15.9 Å². The van der Waals surface area contributed by atoms with Gasteiger partial charge in [0.1, 0.15) is 11.6 Å². The Labute approximate surface area is 125 Å². The maximum Gasteiger partial charge on any atom is 0.236 e. The highest BCUT2D eigenvalue weighted by molar-refractivity contribution is 7.89. The van der Waals surface area contributed by atoms with Crippen molar-refractivity contribution in [2.75, 3.05) is 18.8 Å². The Morgan fingerprint density at radius 1 is 1.29 bits per heavy atom. The second-order valence-corrected chi connectivity index (χ2v) is 6.67. The van der Waals surface area contributed by atoms with E-state index in [-0.39, 0.29) is 12.4 Å². The van der Waals surface area contributed by atoms with E-state index in [0.717, 1.165) is 5.56 Å². The Balaban J connectivity index is 2.60. The van der Waals surface area contributed by atoms with Gasteiger partial charge in [-0.3, -0.25) is 4.79 Å². The van der Waals surface area contributed by atoms with Crippen LogP contribution in [-0.2, 0) is 21.4 Å².